The molecule has 3 heteroatoms. The summed E-state index contributed by atoms with van der Waals surface area (Å²) in [7, 11) is 0. The zero-order valence-electron chi connectivity index (χ0n) is 11.1. The average molecular weight is 257 g/mol. The molecule has 0 radical (unpaired) electrons. The van der Waals surface area contributed by atoms with Crippen molar-refractivity contribution >= 4 is 0 Å². The Hall–Kier alpha value is -1.87. The van der Waals surface area contributed by atoms with Crippen LogP contribution in [0, 0.1) is 0 Å². The van der Waals surface area contributed by atoms with E-state index in [9.17, 15) is 5.11 Å². The Bertz CT molecular complexity index is 499. The molecule has 0 aliphatic carbocycles. The monoisotopic (exact) mass is 257 g/mol. The molecule has 1 heterocycles. The Morgan fingerprint density at radius 3 is 2.63 bits per heavy atom. The van der Waals surface area contributed by atoms with Gasteiger partial charge in [-0.1, -0.05) is 25.1 Å². The maximum absolute atomic E-state index is 9.94. The van der Waals surface area contributed by atoms with Crippen molar-refractivity contribution in [1.82, 2.24) is 4.98 Å². The minimum absolute atomic E-state index is 0.461. The molecule has 100 valence electrons. The largest absolute Gasteiger partial charge is 0.493 e. The van der Waals surface area contributed by atoms with Crippen molar-refractivity contribution in [3.8, 4) is 5.75 Å². The summed E-state index contributed by atoms with van der Waals surface area (Å²) in [5.41, 5.74) is 2.06. The summed E-state index contributed by atoms with van der Waals surface area (Å²) in [6.45, 7) is 2.55. The van der Waals surface area contributed by atoms with E-state index < -0.39 is 6.10 Å². The second-order valence-corrected chi connectivity index (χ2v) is 4.42. The van der Waals surface area contributed by atoms with Gasteiger partial charge in [0.2, 0.25) is 0 Å². The molecule has 0 saturated carbocycles. The third kappa shape index (κ3) is 3.80. The molecule has 0 aliphatic heterocycles. The Labute approximate surface area is 113 Å². The number of rotatable bonds is 6. The number of hydrogen-bond donors (Lipinski definition) is 1. The second kappa shape index (κ2) is 6.90. The maximum atomic E-state index is 9.94. The van der Waals surface area contributed by atoms with Crippen molar-refractivity contribution in [1.29, 1.82) is 0 Å². The molecule has 1 N–H and O–H groups in total. The van der Waals surface area contributed by atoms with E-state index in [2.05, 4.69) is 4.98 Å². The highest BCUT2D eigenvalue weighted by Gasteiger charge is 2.10. The molecule has 0 amide bonds. The van der Waals surface area contributed by atoms with Crippen LogP contribution in [0.1, 0.15) is 30.6 Å². The fourth-order valence-electron chi connectivity index (χ4n) is 1.94. The van der Waals surface area contributed by atoms with E-state index in [0.29, 0.717) is 13.0 Å². The summed E-state index contributed by atoms with van der Waals surface area (Å²) in [5, 5.41) is 9.94. The van der Waals surface area contributed by atoms with Crippen LogP contribution < -0.4 is 4.74 Å². The lowest BCUT2D eigenvalue weighted by molar-refractivity contribution is 0.167. The first kappa shape index (κ1) is 13.6. The Balaban J connectivity index is 1.96. The van der Waals surface area contributed by atoms with Crippen LogP contribution in [0.15, 0.2) is 48.8 Å². The maximum Gasteiger partial charge on any atom is 0.125 e. The smallest absolute Gasteiger partial charge is 0.125 e. The molecule has 0 unspecified atom stereocenters. The van der Waals surface area contributed by atoms with Crippen LogP contribution in [0.4, 0.5) is 0 Å². The van der Waals surface area contributed by atoms with Gasteiger partial charge >= 0.3 is 0 Å². The lowest BCUT2D eigenvalue weighted by Gasteiger charge is -2.14. The summed E-state index contributed by atoms with van der Waals surface area (Å²) in [5.74, 6) is 0.769. The van der Waals surface area contributed by atoms with Crippen LogP contribution in [0.2, 0.25) is 0 Å². The van der Waals surface area contributed by atoms with Gasteiger partial charge in [-0.2, -0.15) is 0 Å². The first-order valence-electron chi connectivity index (χ1n) is 6.60. The van der Waals surface area contributed by atoms with Gasteiger partial charge in [0.05, 0.1) is 12.7 Å². The molecule has 19 heavy (non-hydrogen) atoms. The third-order valence-electron chi connectivity index (χ3n) is 3.06. The van der Waals surface area contributed by atoms with E-state index in [1.807, 2.05) is 43.3 Å². The molecule has 0 aliphatic rings. The predicted octanol–water partition coefficient (Wildman–Crippen LogP) is 3.15. The molecule has 3 nitrogen and oxygen atoms in total. The van der Waals surface area contributed by atoms with E-state index in [1.54, 1.807) is 12.4 Å². The van der Waals surface area contributed by atoms with Gasteiger partial charge in [-0.25, -0.2) is 0 Å². The fourth-order valence-corrected chi connectivity index (χ4v) is 1.94. The molecule has 2 rings (SSSR count). The Morgan fingerprint density at radius 1 is 1.16 bits per heavy atom. The molecular weight excluding hydrogens is 238 g/mol. The number of benzene rings is 1. The van der Waals surface area contributed by atoms with Gasteiger partial charge in [-0.15, -0.1) is 0 Å². The first-order chi connectivity index (χ1) is 9.31. The van der Waals surface area contributed by atoms with Gasteiger partial charge < -0.3 is 9.84 Å². The van der Waals surface area contributed by atoms with E-state index in [4.69, 9.17) is 4.74 Å². The highest BCUT2D eigenvalue weighted by Crippen LogP contribution is 2.26. The quantitative estimate of drug-likeness (QED) is 0.864. The van der Waals surface area contributed by atoms with Crippen LogP contribution in [-0.2, 0) is 6.42 Å². The summed E-state index contributed by atoms with van der Waals surface area (Å²) >= 11 is 0. The predicted molar refractivity (Wildman–Crippen MR) is 75.1 cm³/mol. The van der Waals surface area contributed by atoms with Crippen molar-refractivity contribution in [2.75, 3.05) is 6.61 Å². The Kier molecular flexibility index (Phi) is 4.93. The van der Waals surface area contributed by atoms with Crippen LogP contribution in [0.5, 0.6) is 5.75 Å². The summed E-state index contributed by atoms with van der Waals surface area (Å²) in [6.07, 6.45) is 4.62. The van der Waals surface area contributed by atoms with Crippen LogP contribution >= 0.6 is 0 Å². The number of pyridine rings is 1. The molecule has 0 saturated heterocycles. The highest BCUT2D eigenvalue weighted by molar-refractivity contribution is 5.35. The van der Waals surface area contributed by atoms with E-state index in [-0.39, 0.29) is 0 Å². The van der Waals surface area contributed by atoms with Gasteiger partial charge in [0.15, 0.2) is 0 Å². The molecule has 0 fully saturated rings. The summed E-state index contributed by atoms with van der Waals surface area (Å²) in [6, 6.07) is 11.6. The highest BCUT2D eigenvalue weighted by atomic mass is 16.5. The Morgan fingerprint density at radius 2 is 1.89 bits per heavy atom. The molecule has 2 aromatic rings. The van der Waals surface area contributed by atoms with Crippen molar-refractivity contribution in [2.24, 2.45) is 0 Å². The summed E-state index contributed by atoms with van der Waals surface area (Å²) in [4.78, 5) is 3.99. The zero-order chi connectivity index (χ0) is 13.5. The number of nitrogens with zero attached hydrogens (tertiary/aromatic N) is 1. The van der Waals surface area contributed by atoms with E-state index in [0.717, 1.165) is 17.7 Å². The standard InChI is InChI=1S/C16H19NO2/c1-2-15(18)14-5-3-4-6-16(14)19-12-9-13-7-10-17-11-8-13/h3-8,10-11,15,18H,2,9,12H2,1H3/t15-/m1/s1. The van der Waals surface area contributed by atoms with Gasteiger partial charge in [-0.3, -0.25) is 4.98 Å². The molecule has 0 bridgehead atoms. The summed E-state index contributed by atoms with van der Waals surface area (Å²) < 4.78 is 5.78. The van der Waals surface area contributed by atoms with Gasteiger partial charge in [0, 0.05) is 24.4 Å². The van der Waals surface area contributed by atoms with Gasteiger partial charge in [0.25, 0.3) is 0 Å². The SMILES string of the molecule is CC[C@@H](O)c1ccccc1OCCc1ccncc1. The molecular formula is C16H19NO2. The van der Waals surface area contributed by atoms with Crippen molar-refractivity contribution < 1.29 is 9.84 Å². The zero-order valence-corrected chi connectivity index (χ0v) is 11.1. The minimum Gasteiger partial charge on any atom is -0.493 e. The lowest BCUT2D eigenvalue weighted by atomic mass is 10.1. The van der Waals surface area contributed by atoms with Gasteiger partial charge in [-0.05, 0) is 30.2 Å². The molecule has 0 spiro atoms. The number of aromatic nitrogens is 1. The first-order valence-corrected chi connectivity index (χ1v) is 6.60. The van der Waals surface area contributed by atoms with E-state index >= 15 is 0 Å². The average Bonchev–Trinajstić information content (AvgIpc) is 2.48. The van der Waals surface area contributed by atoms with E-state index in [1.165, 1.54) is 5.56 Å². The topological polar surface area (TPSA) is 42.4 Å². The number of aliphatic hydroxyl groups is 1. The number of ether oxygens (including phenoxy) is 1. The number of hydrogen-bond acceptors (Lipinski definition) is 3. The van der Waals surface area contributed by atoms with Crippen LogP contribution in [0.3, 0.4) is 0 Å². The normalized spacial score (nSPS) is 12.1. The second-order valence-electron chi connectivity index (χ2n) is 4.42. The van der Waals surface area contributed by atoms with Crippen molar-refractivity contribution in [3.05, 3.63) is 59.9 Å². The van der Waals surface area contributed by atoms with Crippen LogP contribution in [-0.4, -0.2) is 16.7 Å². The third-order valence-corrected chi connectivity index (χ3v) is 3.06. The number of para-hydroxylation sites is 1. The molecule has 1 atom stereocenters. The van der Waals surface area contributed by atoms with Crippen molar-refractivity contribution in [3.63, 3.8) is 0 Å². The van der Waals surface area contributed by atoms with Gasteiger partial charge in [0.1, 0.15) is 5.75 Å². The van der Waals surface area contributed by atoms with Crippen molar-refractivity contribution in [2.45, 2.75) is 25.9 Å². The van der Waals surface area contributed by atoms with Crippen LogP contribution in [0.25, 0.3) is 0 Å². The number of aliphatic hydroxyl groups excluding tert-OH is 1. The lowest BCUT2D eigenvalue weighted by Crippen LogP contribution is -2.05. The fraction of sp³-hybridized carbons (Fsp3) is 0.312. The molecule has 1 aromatic carbocycles. The minimum atomic E-state index is -0.461. The molecule has 1 aromatic heterocycles.